The molecule has 0 saturated carbocycles. The maximum atomic E-state index is 14.1. The average Bonchev–Trinajstić information content (AvgIpc) is 3.28. The van der Waals surface area contributed by atoms with Crippen molar-refractivity contribution in [2.75, 3.05) is 23.0 Å². The Morgan fingerprint density at radius 3 is 2.30 bits per heavy atom. The summed E-state index contributed by atoms with van der Waals surface area (Å²) in [6, 6.07) is 31.1. The molecule has 2 atom stereocenters. The molecule has 1 aliphatic rings. The summed E-state index contributed by atoms with van der Waals surface area (Å²) < 4.78 is 0. The van der Waals surface area contributed by atoms with Crippen LogP contribution >= 0.6 is 11.6 Å². The van der Waals surface area contributed by atoms with Gasteiger partial charge in [0, 0.05) is 47.4 Å². The monoisotopic (exact) mass is 637 g/mol. The van der Waals surface area contributed by atoms with E-state index in [-0.39, 0.29) is 32.0 Å². The number of halogens is 1. The van der Waals surface area contributed by atoms with Crippen molar-refractivity contribution in [1.82, 2.24) is 4.90 Å². The van der Waals surface area contributed by atoms with E-state index in [0.717, 1.165) is 17.5 Å². The highest BCUT2D eigenvalue weighted by molar-refractivity contribution is 6.31. The highest BCUT2D eigenvalue weighted by Gasteiger charge is 2.52. The smallest absolute Gasteiger partial charge is 0.264 e. The third kappa shape index (κ3) is 6.89. The lowest BCUT2D eigenvalue weighted by atomic mass is 9.83. The van der Waals surface area contributed by atoms with Gasteiger partial charge in [0.2, 0.25) is 12.3 Å². The molecule has 2 N–H and O–H groups in total. The Balaban J connectivity index is 1.35. The topological polar surface area (TPSA) is 101 Å². The third-order valence-electron chi connectivity index (χ3n) is 8.22. The van der Waals surface area contributed by atoms with Crippen LogP contribution in [-0.4, -0.2) is 46.5 Å². The van der Waals surface area contributed by atoms with E-state index < -0.39 is 17.4 Å². The number of fused-ring (bicyclic) bond motifs is 1. The summed E-state index contributed by atoms with van der Waals surface area (Å²) in [6.45, 7) is 2.27. The molecule has 9 heteroatoms. The van der Waals surface area contributed by atoms with Gasteiger partial charge in [-0.2, -0.15) is 0 Å². The number of hydrogen-bond donors (Lipinski definition) is 2. The lowest BCUT2D eigenvalue weighted by Crippen LogP contribution is -2.44. The Morgan fingerprint density at radius 1 is 0.935 bits per heavy atom. The number of benzene rings is 4. The predicted molar refractivity (Wildman–Crippen MR) is 179 cm³/mol. The van der Waals surface area contributed by atoms with Crippen LogP contribution in [0.25, 0.3) is 0 Å². The maximum absolute atomic E-state index is 14.1. The van der Waals surface area contributed by atoms with E-state index in [1.165, 1.54) is 9.80 Å². The first-order valence-electron chi connectivity index (χ1n) is 15.1. The molecule has 4 aromatic rings. The number of amides is 3. The number of aliphatic hydroxyl groups excluding tert-OH is 1. The van der Waals surface area contributed by atoms with Crippen LogP contribution < -0.4 is 9.80 Å². The van der Waals surface area contributed by atoms with Crippen molar-refractivity contribution in [3.05, 3.63) is 137 Å². The van der Waals surface area contributed by atoms with Gasteiger partial charge in [-0.1, -0.05) is 91.3 Å². The molecule has 0 unspecified atom stereocenters. The molecule has 5 rings (SSSR count). The van der Waals surface area contributed by atoms with Crippen LogP contribution in [0.5, 0.6) is 0 Å². The molecule has 0 saturated heterocycles. The standard InChI is InChI=1S/C37H36ClN3O5/c1-27(10-8-17-35(44)39(20-21-42)24-28-11-4-2-5-12-28)37(46)33-23-30(38)18-19-34(33)40(36(37)45)25-29-13-9-16-32(22-29)41(26-43)31-14-6-3-7-15-31/h2-16,18-19,22-23,26-27,42,46H,17,20-21,24-25H2,1H3/b10-8+/t27-,37+/m1/s1. The number of hydrogen-bond acceptors (Lipinski definition) is 5. The van der Waals surface area contributed by atoms with E-state index in [1.807, 2.05) is 84.9 Å². The van der Waals surface area contributed by atoms with Gasteiger partial charge < -0.3 is 20.0 Å². The lowest BCUT2D eigenvalue weighted by Gasteiger charge is -2.28. The van der Waals surface area contributed by atoms with Crippen molar-refractivity contribution in [2.24, 2.45) is 5.92 Å². The molecular weight excluding hydrogens is 602 g/mol. The quantitative estimate of drug-likeness (QED) is 0.139. The summed E-state index contributed by atoms with van der Waals surface area (Å²) in [7, 11) is 0. The minimum atomic E-state index is -1.93. The number of rotatable bonds is 13. The van der Waals surface area contributed by atoms with Gasteiger partial charge in [0.25, 0.3) is 5.91 Å². The normalized spacial score (nSPS) is 16.3. The van der Waals surface area contributed by atoms with Gasteiger partial charge in [-0.25, -0.2) is 0 Å². The van der Waals surface area contributed by atoms with Crippen LogP contribution in [0, 0.1) is 5.92 Å². The lowest BCUT2D eigenvalue weighted by molar-refractivity contribution is -0.139. The second-order valence-corrected chi connectivity index (χ2v) is 11.7. The van der Waals surface area contributed by atoms with E-state index in [2.05, 4.69) is 0 Å². The SMILES string of the molecule is C[C@H](/C=C/CC(=O)N(CCO)Cc1ccccc1)[C@@]1(O)C(=O)N(Cc2cccc(N(C=O)c3ccccc3)c2)c2ccc(Cl)cc21. The fraction of sp³-hybridized carbons (Fsp3) is 0.216. The first-order valence-corrected chi connectivity index (χ1v) is 15.5. The number of aliphatic hydroxyl groups is 2. The molecule has 46 heavy (non-hydrogen) atoms. The second-order valence-electron chi connectivity index (χ2n) is 11.2. The van der Waals surface area contributed by atoms with Crippen LogP contribution in [0.4, 0.5) is 17.1 Å². The number of anilines is 3. The molecule has 3 amide bonds. The zero-order valence-corrected chi connectivity index (χ0v) is 26.3. The van der Waals surface area contributed by atoms with Crippen LogP contribution in [0.2, 0.25) is 5.02 Å². The third-order valence-corrected chi connectivity index (χ3v) is 8.45. The molecule has 8 nitrogen and oxygen atoms in total. The number of carbonyl (C=O) groups is 3. The van der Waals surface area contributed by atoms with Gasteiger partial charge in [0.15, 0.2) is 5.60 Å². The Kier molecular flexibility index (Phi) is 10.3. The van der Waals surface area contributed by atoms with Crippen LogP contribution in [-0.2, 0) is 33.1 Å². The number of carbonyl (C=O) groups excluding carboxylic acids is 3. The summed E-state index contributed by atoms with van der Waals surface area (Å²) in [5.41, 5.74) is 2.05. The first kappa shape index (κ1) is 32.6. The Morgan fingerprint density at radius 2 is 1.61 bits per heavy atom. The molecule has 0 spiro atoms. The van der Waals surface area contributed by atoms with Crippen molar-refractivity contribution in [1.29, 1.82) is 0 Å². The van der Waals surface area contributed by atoms with Gasteiger partial charge in [-0.3, -0.25) is 19.3 Å². The van der Waals surface area contributed by atoms with Crippen molar-refractivity contribution < 1.29 is 24.6 Å². The van der Waals surface area contributed by atoms with Crippen molar-refractivity contribution in [3.63, 3.8) is 0 Å². The summed E-state index contributed by atoms with van der Waals surface area (Å²) >= 11 is 6.35. The van der Waals surface area contributed by atoms with Crippen LogP contribution in [0.15, 0.2) is 115 Å². The zero-order chi connectivity index (χ0) is 32.7. The first-order chi connectivity index (χ1) is 22.3. The summed E-state index contributed by atoms with van der Waals surface area (Å²) in [6.07, 6.45) is 4.11. The van der Waals surface area contributed by atoms with Gasteiger partial charge in [0.1, 0.15) is 0 Å². The number of nitrogens with zero attached hydrogens (tertiary/aromatic N) is 3. The molecule has 0 aliphatic carbocycles. The van der Waals surface area contributed by atoms with E-state index in [0.29, 0.717) is 34.2 Å². The fourth-order valence-electron chi connectivity index (χ4n) is 5.78. The molecular formula is C37H36ClN3O5. The van der Waals surface area contributed by atoms with E-state index in [4.69, 9.17) is 11.6 Å². The van der Waals surface area contributed by atoms with Crippen molar-refractivity contribution >= 4 is 46.9 Å². The Bertz CT molecular complexity index is 1710. The molecule has 0 fully saturated rings. The summed E-state index contributed by atoms with van der Waals surface area (Å²) in [5.74, 6) is -1.40. The highest BCUT2D eigenvalue weighted by atomic mass is 35.5. The minimum absolute atomic E-state index is 0.0367. The Labute approximate surface area is 273 Å². The molecule has 1 heterocycles. The minimum Gasteiger partial charge on any atom is -0.395 e. The molecule has 0 bridgehead atoms. The molecule has 0 aromatic heterocycles. The summed E-state index contributed by atoms with van der Waals surface area (Å²) in [4.78, 5) is 43.8. The van der Waals surface area contributed by atoms with Crippen molar-refractivity contribution in [3.8, 4) is 0 Å². The number of para-hydroxylation sites is 1. The molecule has 4 aromatic carbocycles. The van der Waals surface area contributed by atoms with Crippen LogP contribution in [0.1, 0.15) is 30.0 Å². The maximum Gasteiger partial charge on any atom is 0.264 e. The predicted octanol–water partition coefficient (Wildman–Crippen LogP) is 5.97. The van der Waals surface area contributed by atoms with Crippen LogP contribution in [0.3, 0.4) is 0 Å². The second kappa shape index (κ2) is 14.6. The zero-order valence-electron chi connectivity index (χ0n) is 25.5. The molecule has 1 aliphatic heterocycles. The largest absolute Gasteiger partial charge is 0.395 e. The average molecular weight is 638 g/mol. The fourth-order valence-corrected chi connectivity index (χ4v) is 5.95. The van der Waals surface area contributed by atoms with Crippen molar-refractivity contribution in [2.45, 2.75) is 32.0 Å². The van der Waals surface area contributed by atoms with E-state index in [9.17, 15) is 24.6 Å². The Hall–Kier alpha value is -4.76. The molecule has 0 radical (unpaired) electrons. The van der Waals surface area contributed by atoms with Gasteiger partial charge in [-0.05, 0) is 53.6 Å². The van der Waals surface area contributed by atoms with E-state index >= 15 is 0 Å². The summed E-state index contributed by atoms with van der Waals surface area (Å²) in [5, 5.41) is 22.0. The molecule has 236 valence electrons. The van der Waals surface area contributed by atoms with Gasteiger partial charge in [-0.15, -0.1) is 0 Å². The van der Waals surface area contributed by atoms with Gasteiger partial charge in [0.05, 0.1) is 18.8 Å². The van der Waals surface area contributed by atoms with Gasteiger partial charge >= 0.3 is 0 Å². The van der Waals surface area contributed by atoms with E-state index in [1.54, 1.807) is 42.2 Å². The highest BCUT2D eigenvalue weighted by Crippen LogP contribution is 2.47.